The Morgan fingerprint density at radius 1 is 1.03 bits per heavy atom. The number of anilines is 1. The van der Waals surface area contributed by atoms with Gasteiger partial charge in [-0.05, 0) is 76.4 Å². The Morgan fingerprint density at radius 3 is 2.42 bits per heavy atom. The Kier molecular flexibility index (Phi) is 6.52. The van der Waals surface area contributed by atoms with Gasteiger partial charge in [0, 0.05) is 11.3 Å². The number of amides is 1. The number of halogens is 3. The molecule has 3 aromatic carbocycles. The van der Waals surface area contributed by atoms with E-state index in [0.29, 0.717) is 32.1 Å². The highest BCUT2D eigenvalue weighted by atomic mass is 79.9. The van der Waals surface area contributed by atoms with E-state index >= 15 is 0 Å². The van der Waals surface area contributed by atoms with E-state index in [0.717, 1.165) is 5.56 Å². The molecule has 0 aliphatic carbocycles. The molecule has 1 heterocycles. The first-order valence-electron chi connectivity index (χ1n) is 9.89. The van der Waals surface area contributed by atoms with E-state index in [1.807, 2.05) is 13.0 Å². The second-order valence-corrected chi connectivity index (χ2v) is 9.20. The third kappa shape index (κ3) is 4.26. The number of ether oxygens (including phenoxy) is 1. The fourth-order valence-electron chi connectivity index (χ4n) is 3.84. The maximum absolute atomic E-state index is 13.2. The molecule has 1 amide bonds. The molecule has 1 unspecified atom stereocenters. The lowest BCUT2D eigenvalue weighted by atomic mass is 9.95. The number of aliphatic hydroxyl groups is 1. The lowest BCUT2D eigenvalue weighted by Crippen LogP contribution is -2.29. The van der Waals surface area contributed by atoms with E-state index in [2.05, 4.69) is 15.9 Å². The van der Waals surface area contributed by atoms with E-state index in [1.54, 1.807) is 54.6 Å². The van der Waals surface area contributed by atoms with Crippen LogP contribution in [0.3, 0.4) is 0 Å². The van der Waals surface area contributed by atoms with Crippen LogP contribution in [0, 0.1) is 6.92 Å². The summed E-state index contributed by atoms with van der Waals surface area (Å²) in [5.41, 5.74) is 2.30. The first-order valence-corrected chi connectivity index (χ1v) is 11.4. The van der Waals surface area contributed by atoms with Crippen molar-refractivity contribution >= 4 is 62.3 Å². The van der Waals surface area contributed by atoms with Gasteiger partial charge in [0.1, 0.15) is 11.5 Å². The smallest absolute Gasteiger partial charge is 0.300 e. The minimum absolute atomic E-state index is 0.0445. The predicted molar refractivity (Wildman–Crippen MR) is 133 cm³/mol. The summed E-state index contributed by atoms with van der Waals surface area (Å²) in [6.45, 7) is 1.89. The van der Waals surface area contributed by atoms with Gasteiger partial charge in [-0.25, -0.2) is 0 Å². The third-order valence-corrected chi connectivity index (χ3v) is 6.77. The SMILES string of the molecule is COc1ccc(/C(O)=C2/C(=O)C(=O)N(c3cccc(C)c3)C2c2ccc(Cl)c(Cl)c2)cc1Br. The summed E-state index contributed by atoms with van der Waals surface area (Å²) in [6.07, 6.45) is 0. The van der Waals surface area contributed by atoms with Crippen molar-refractivity contribution < 1.29 is 19.4 Å². The lowest BCUT2D eigenvalue weighted by Gasteiger charge is -2.26. The van der Waals surface area contributed by atoms with Gasteiger partial charge in [0.25, 0.3) is 11.7 Å². The molecule has 168 valence electrons. The van der Waals surface area contributed by atoms with Gasteiger partial charge in [-0.15, -0.1) is 0 Å². The second-order valence-electron chi connectivity index (χ2n) is 7.53. The molecule has 1 N–H and O–H groups in total. The minimum atomic E-state index is -0.901. The molecule has 0 spiro atoms. The minimum Gasteiger partial charge on any atom is -0.507 e. The van der Waals surface area contributed by atoms with Crippen LogP contribution in [0.1, 0.15) is 22.7 Å². The molecular weight excluding hydrogens is 529 g/mol. The first kappa shape index (κ1) is 23.4. The molecule has 0 radical (unpaired) electrons. The highest BCUT2D eigenvalue weighted by Gasteiger charge is 2.47. The number of hydrogen-bond donors (Lipinski definition) is 1. The lowest BCUT2D eigenvalue weighted by molar-refractivity contribution is -0.132. The van der Waals surface area contributed by atoms with Crippen LogP contribution in [-0.2, 0) is 9.59 Å². The average molecular weight is 547 g/mol. The summed E-state index contributed by atoms with van der Waals surface area (Å²) in [6, 6.07) is 16.1. The number of carbonyl (C=O) groups is 2. The fourth-order valence-corrected chi connectivity index (χ4v) is 4.69. The number of aliphatic hydroxyl groups excluding tert-OH is 1. The third-order valence-electron chi connectivity index (χ3n) is 5.41. The molecular formula is C25H18BrCl2NO4. The Hall–Kier alpha value is -2.80. The van der Waals surface area contributed by atoms with Crippen LogP contribution in [0.4, 0.5) is 5.69 Å². The van der Waals surface area contributed by atoms with Crippen LogP contribution in [0.5, 0.6) is 5.75 Å². The zero-order chi connectivity index (χ0) is 23.9. The van der Waals surface area contributed by atoms with Crippen molar-refractivity contribution in [1.82, 2.24) is 0 Å². The number of ketones is 1. The van der Waals surface area contributed by atoms with Crippen molar-refractivity contribution in [2.45, 2.75) is 13.0 Å². The molecule has 33 heavy (non-hydrogen) atoms. The number of methoxy groups -OCH3 is 1. The highest BCUT2D eigenvalue weighted by Crippen LogP contribution is 2.44. The van der Waals surface area contributed by atoms with Gasteiger partial charge < -0.3 is 9.84 Å². The molecule has 4 rings (SSSR count). The van der Waals surface area contributed by atoms with E-state index in [9.17, 15) is 14.7 Å². The molecule has 1 fully saturated rings. The van der Waals surface area contributed by atoms with Crippen LogP contribution < -0.4 is 9.64 Å². The summed E-state index contributed by atoms with van der Waals surface area (Å²) in [7, 11) is 1.53. The number of rotatable bonds is 4. The Balaban J connectivity index is 1.96. The molecule has 0 bridgehead atoms. The van der Waals surface area contributed by atoms with Gasteiger partial charge in [-0.3, -0.25) is 14.5 Å². The van der Waals surface area contributed by atoms with Crippen LogP contribution in [-0.4, -0.2) is 23.9 Å². The molecule has 1 aliphatic rings. The van der Waals surface area contributed by atoms with Gasteiger partial charge in [0.15, 0.2) is 0 Å². The Labute approximate surface area is 209 Å². The fraction of sp³-hybridized carbons (Fsp3) is 0.120. The van der Waals surface area contributed by atoms with Crippen LogP contribution in [0.2, 0.25) is 10.0 Å². The quantitative estimate of drug-likeness (QED) is 0.224. The largest absolute Gasteiger partial charge is 0.507 e. The van der Waals surface area contributed by atoms with Crippen LogP contribution >= 0.6 is 39.1 Å². The van der Waals surface area contributed by atoms with Gasteiger partial charge in [-0.1, -0.05) is 41.4 Å². The van der Waals surface area contributed by atoms with E-state index in [-0.39, 0.29) is 16.4 Å². The summed E-state index contributed by atoms with van der Waals surface area (Å²) in [4.78, 5) is 27.8. The molecule has 0 aromatic heterocycles. The standard InChI is InChI=1S/C25H18BrCl2NO4/c1-13-4-3-5-16(10-13)29-22(14-6-8-18(27)19(28)12-14)21(24(31)25(29)32)23(30)15-7-9-20(33-2)17(26)11-15/h3-12,22,30H,1-2H3/b23-21-. The number of benzene rings is 3. The maximum Gasteiger partial charge on any atom is 0.300 e. The van der Waals surface area contributed by atoms with Crippen molar-refractivity contribution in [3.8, 4) is 5.75 Å². The molecule has 3 aromatic rings. The topological polar surface area (TPSA) is 66.8 Å². The Morgan fingerprint density at radius 2 is 1.79 bits per heavy atom. The number of hydrogen-bond acceptors (Lipinski definition) is 4. The van der Waals surface area contributed by atoms with Gasteiger partial charge >= 0.3 is 0 Å². The average Bonchev–Trinajstić information content (AvgIpc) is 3.05. The molecule has 8 heteroatoms. The van der Waals surface area contributed by atoms with Crippen molar-refractivity contribution in [3.63, 3.8) is 0 Å². The van der Waals surface area contributed by atoms with Gasteiger partial charge in [0.2, 0.25) is 0 Å². The molecule has 1 atom stereocenters. The Bertz CT molecular complexity index is 1320. The number of carbonyl (C=O) groups excluding carboxylic acids is 2. The molecule has 1 saturated heterocycles. The maximum atomic E-state index is 13.2. The zero-order valence-corrected chi connectivity index (χ0v) is 20.7. The van der Waals surface area contributed by atoms with Gasteiger partial charge in [0.05, 0.1) is 33.2 Å². The van der Waals surface area contributed by atoms with Gasteiger partial charge in [-0.2, -0.15) is 0 Å². The van der Waals surface area contributed by atoms with E-state index < -0.39 is 17.7 Å². The number of Topliss-reactive ketones (excluding diaryl/α,β-unsaturated/α-hetero) is 1. The number of nitrogens with zero attached hydrogens (tertiary/aromatic N) is 1. The monoisotopic (exact) mass is 545 g/mol. The summed E-state index contributed by atoms with van der Waals surface area (Å²) in [5, 5.41) is 11.8. The normalized spacial score (nSPS) is 17.5. The van der Waals surface area contributed by atoms with Crippen molar-refractivity contribution in [1.29, 1.82) is 0 Å². The summed E-state index contributed by atoms with van der Waals surface area (Å²) in [5.74, 6) is -1.28. The number of aryl methyl sites for hydroxylation is 1. The summed E-state index contributed by atoms with van der Waals surface area (Å²) < 4.78 is 5.83. The second kappa shape index (κ2) is 9.21. The summed E-state index contributed by atoms with van der Waals surface area (Å²) >= 11 is 15.8. The molecule has 5 nitrogen and oxygen atoms in total. The van der Waals surface area contributed by atoms with Crippen molar-refractivity contribution in [3.05, 3.63) is 97.4 Å². The highest BCUT2D eigenvalue weighted by molar-refractivity contribution is 9.10. The van der Waals surface area contributed by atoms with Crippen LogP contribution in [0.25, 0.3) is 5.76 Å². The molecule has 0 saturated carbocycles. The van der Waals surface area contributed by atoms with Crippen molar-refractivity contribution in [2.75, 3.05) is 12.0 Å². The van der Waals surface area contributed by atoms with Crippen molar-refractivity contribution in [2.24, 2.45) is 0 Å². The zero-order valence-electron chi connectivity index (χ0n) is 17.6. The van der Waals surface area contributed by atoms with Crippen LogP contribution in [0.15, 0.2) is 70.7 Å². The predicted octanol–water partition coefficient (Wildman–Crippen LogP) is 6.70. The molecule has 1 aliphatic heterocycles. The first-order chi connectivity index (χ1) is 15.7. The van der Waals surface area contributed by atoms with E-state index in [1.165, 1.54) is 12.0 Å². The van der Waals surface area contributed by atoms with E-state index in [4.69, 9.17) is 27.9 Å².